The molecule has 4 aromatic rings. The van der Waals surface area contributed by atoms with Crippen molar-refractivity contribution in [3.8, 4) is 0 Å². The second-order valence-electron chi connectivity index (χ2n) is 7.78. The molecule has 0 bridgehead atoms. The maximum atomic E-state index is 13.2. The van der Waals surface area contributed by atoms with Crippen LogP contribution in [0.5, 0.6) is 0 Å². The van der Waals surface area contributed by atoms with E-state index >= 15 is 0 Å². The van der Waals surface area contributed by atoms with E-state index in [1.54, 1.807) is 16.7 Å². The molecule has 0 spiro atoms. The summed E-state index contributed by atoms with van der Waals surface area (Å²) in [7, 11) is 0. The lowest BCUT2D eigenvalue weighted by Crippen LogP contribution is -2.24. The highest BCUT2D eigenvalue weighted by atomic mass is 32.2. The van der Waals surface area contributed by atoms with Gasteiger partial charge in [-0.05, 0) is 57.0 Å². The Morgan fingerprint density at radius 2 is 1.90 bits per heavy atom. The van der Waals surface area contributed by atoms with Crippen LogP contribution >= 0.6 is 11.8 Å². The second kappa shape index (κ2) is 9.20. The molecule has 0 aliphatic rings. The Labute approximate surface area is 184 Å². The zero-order valence-corrected chi connectivity index (χ0v) is 18.7. The fourth-order valence-corrected chi connectivity index (χ4v) is 4.36. The Balaban J connectivity index is 1.73. The first-order chi connectivity index (χ1) is 14.9. The third-order valence-corrected chi connectivity index (χ3v) is 5.98. The van der Waals surface area contributed by atoms with Crippen molar-refractivity contribution in [2.24, 2.45) is 0 Å². The normalized spacial score (nSPS) is 11.8. The zero-order chi connectivity index (χ0) is 22.0. The van der Waals surface area contributed by atoms with Gasteiger partial charge in [-0.2, -0.15) is 0 Å². The summed E-state index contributed by atoms with van der Waals surface area (Å²) in [5, 5.41) is 10.1. The number of ether oxygens (including phenoxy) is 1. The van der Waals surface area contributed by atoms with Gasteiger partial charge < -0.3 is 4.74 Å². The maximum Gasteiger partial charge on any atom is 0.262 e. The van der Waals surface area contributed by atoms with E-state index in [9.17, 15) is 9.18 Å². The number of aromatic nitrogens is 4. The topological polar surface area (TPSA) is 61.4 Å². The van der Waals surface area contributed by atoms with Crippen molar-refractivity contribution in [1.82, 2.24) is 19.2 Å². The van der Waals surface area contributed by atoms with Crippen LogP contribution in [0.15, 0.2) is 52.4 Å². The SMILES string of the molecule is Cc1ccc2c(c1)c(=O)n(CCCOC(C)C)c1nnc(SCc3ccc(F)cc3)n21. The molecule has 0 radical (unpaired) electrons. The van der Waals surface area contributed by atoms with Crippen molar-refractivity contribution in [3.63, 3.8) is 0 Å². The van der Waals surface area contributed by atoms with Crippen LogP contribution in [0.2, 0.25) is 0 Å². The van der Waals surface area contributed by atoms with Gasteiger partial charge >= 0.3 is 0 Å². The summed E-state index contributed by atoms with van der Waals surface area (Å²) >= 11 is 1.51. The predicted molar refractivity (Wildman–Crippen MR) is 121 cm³/mol. The van der Waals surface area contributed by atoms with Crippen LogP contribution in [0.25, 0.3) is 16.7 Å². The van der Waals surface area contributed by atoms with Gasteiger partial charge in [0.2, 0.25) is 5.78 Å². The third-order valence-electron chi connectivity index (χ3n) is 4.98. The van der Waals surface area contributed by atoms with Gasteiger partial charge in [-0.3, -0.25) is 13.8 Å². The summed E-state index contributed by atoms with van der Waals surface area (Å²) in [6, 6.07) is 12.3. The molecule has 0 saturated heterocycles. The van der Waals surface area contributed by atoms with Crippen LogP contribution < -0.4 is 5.56 Å². The number of nitrogens with zero attached hydrogens (tertiary/aromatic N) is 4. The number of fused-ring (bicyclic) bond motifs is 3. The van der Waals surface area contributed by atoms with Gasteiger partial charge in [0.05, 0.1) is 17.0 Å². The lowest BCUT2D eigenvalue weighted by Gasteiger charge is -2.12. The third kappa shape index (κ3) is 4.65. The number of thioether (sulfide) groups is 1. The Morgan fingerprint density at radius 3 is 2.65 bits per heavy atom. The monoisotopic (exact) mass is 440 g/mol. The Morgan fingerprint density at radius 1 is 1.13 bits per heavy atom. The molecule has 0 amide bonds. The molecule has 0 saturated carbocycles. The summed E-state index contributed by atoms with van der Waals surface area (Å²) in [6.45, 7) is 7.03. The van der Waals surface area contributed by atoms with Gasteiger partial charge in [0.25, 0.3) is 5.56 Å². The fraction of sp³-hybridized carbons (Fsp3) is 0.348. The number of hydrogen-bond acceptors (Lipinski definition) is 5. The van der Waals surface area contributed by atoms with Gasteiger partial charge in [-0.25, -0.2) is 4.39 Å². The smallest absolute Gasteiger partial charge is 0.262 e. The highest BCUT2D eigenvalue weighted by molar-refractivity contribution is 7.98. The van der Waals surface area contributed by atoms with E-state index in [4.69, 9.17) is 4.74 Å². The molecule has 0 N–H and O–H groups in total. The first kappa shape index (κ1) is 21.5. The van der Waals surface area contributed by atoms with E-state index in [1.807, 2.05) is 43.4 Å². The molecular formula is C23H25FN4O2S. The van der Waals surface area contributed by atoms with E-state index in [0.29, 0.717) is 41.6 Å². The molecule has 6 nitrogen and oxygen atoms in total. The number of halogens is 1. The highest BCUT2D eigenvalue weighted by Gasteiger charge is 2.17. The van der Waals surface area contributed by atoms with E-state index in [0.717, 1.165) is 16.6 Å². The van der Waals surface area contributed by atoms with Gasteiger partial charge in [0, 0.05) is 18.9 Å². The van der Waals surface area contributed by atoms with Crippen LogP contribution in [-0.4, -0.2) is 31.9 Å². The lowest BCUT2D eigenvalue weighted by atomic mass is 10.1. The van der Waals surface area contributed by atoms with Crippen LogP contribution in [0, 0.1) is 12.7 Å². The van der Waals surface area contributed by atoms with Gasteiger partial charge in [0.1, 0.15) is 5.82 Å². The molecule has 0 atom stereocenters. The number of benzene rings is 2. The summed E-state index contributed by atoms with van der Waals surface area (Å²) < 4.78 is 22.4. The summed E-state index contributed by atoms with van der Waals surface area (Å²) in [5.74, 6) is 0.886. The standard InChI is InChI=1S/C23H25FN4O2S/c1-15(2)30-12-4-11-27-21(29)19-13-16(3)5-10-20(19)28-22(27)25-26-23(28)31-14-17-6-8-18(24)9-7-17/h5-10,13,15H,4,11-12,14H2,1-3H3. The molecule has 0 fully saturated rings. The number of rotatable bonds is 8. The first-order valence-electron chi connectivity index (χ1n) is 10.3. The van der Waals surface area contributed by atoms with Crippen LogP contribution in [-0.2, 0) is 17.0 Å². The van der Waals surface area contributed by atoms with Crippen molar-refractivity contribution in [2.45, 2.75) is 50.8 Å². The minimum absolute atomic E-state index is 0.0711. The van der Waals surface area contributed by atoms with Crippen molar-refractivity contribution in [2.75, 3.05) is 6.61 Å². The zero-order valence-electron chi connectivity index (χ0n) is 17.8. The van der Waals surface area contributed by atoms with E-state index < -0.39 is 0 Å². The number of hydrogen-bond donors (Lipinski definition) is 0. The van der Waals surface area contributed by atoms with Crippen molar-refractivity contribution >= 4 is 28.4 Å². The first-order valence-corrected chi connectivity index (χ1v) is 11.3. The Hall–Kier alpha value is -2.71. The second-order valence-corrected chi connectivity index (χ2v) is 8.73. The van der Waals surface area contributed by atoms with Gasteiger partial charge in [-0.1, -0.05) is 35.5 Å². The van der Waals surface area contributed by atoms with Crippen molar-refractivity contribution in [3.05, 3.63) is 69.8 Å². The molecule has 4 rings (SSSR count). The van der Waals surface area contributed by atoms with Gasteiger partial charge in [0.15, 0.2) is 5.16 Å². The minimum Gasteiger partial charge on any atom is -0.379 e. The molecule has 0 unspecified atom stereocenters. The molecule has 2 aromatic carbocycles. The molecule has 8 heteroatoms. The molecule has 0 aliphatic heterocycles. The van der Waals surface area contributed by atoms with E-state index in [-0.39, 0.29) is 17.5 Å². The fourth-order valence-electron chi connectivity index (χ4n) is 3.47. The lowest BCUT2D eigenvalue weighted by molar-refractivity contribution is 0.0748. The molecule has 31 heavy (non-hydrogen) atoms. The largest absolute Gasteiger partial charge is 0.379 e. The van der Waals surface area contributed by atoms with Crippen molar-refractivity contribution < 1.29 is 9.13 Å². The average Bonchev–Trinajstić information content (AvgIpc) is 3.16. The highest BCUT2D eigenvalue weighted by Crippen LogP contribution is 2.25. The van der Waals surface area contributed by atoms with E-state index in [1.165, 1.54) is 23.9 Å². The summed E-state index contributed by atoms with van der Waals surface area (Å²) in [6.07, 6.45) is 0.856. The average molecular weight is 441 g/mol. The minimum atomic E-state index is -0.256. The van der Waals surface area contributed by atoms with Gasteiger partial charge in [-0.15, -0.1) is 10.2 Å². The molecular weight excluding hydrogens is 415 g/mol. The van der Waals surface area contributed by atoms with Crippen LogP contribution in [0.1, 0.15) is 31.4 Å². The predicted octanol–water partition coefficient (Wildman–Crippen LogP) is 4.60. The van der Waals surface area contributed by atoms with Crippen molar-refractivity contribution in [1.29, 1.82) is 0 Å². The Bertz CT molecular complexity index is 1260. The molecule has 162 valence electrons. The molecule has 2 heterocycles. The summed E-state index contributed by atoms with van der Waals surface area (Å²) in [4.78, 5) is 13.2. The molecule has 2 aromatic heterocycles. The van der Waals surface area contributed by atoms with E-state index in [2.05, 4.69) is 10.2 Å². The summed E-state index contributed by atoms with van der Waals surface area (Å²) in [5.41, 5.74) is 2.72. The van der Waals surface area contributed by atoms with Crippen LogP contribution in [0.3, 0.4) is 0 Å². The Kier molecular flexibility index (Phi) is 6.38. The maximum absolute atomic E-state index is 13.2. The van der Waals surface area contributed by atoms with Crippen LogP contribution in [0.4, 0.5) is 4.39 Å². The molecule has 0 aliphatic carbocycles. The quantitative estimate of drug-likeness (QED) is 0.296. The number of aryl methyl sites for hydroxylation is 2.